The molecule has 0 aliphatic heterocycles. The molecule has 0 unspecified atom stereocenters. The second-order valence-electron chi connectivity index (χ2n) is 2.89. The van der Waals surface area contributed by atoms with E-state index in [1.807, 2.05) is 0 Å². The molecule has 1 aromatic carbocycles. The van der Waals surface area contributed by atoms with Crippen molar-refractivity contribution in [2.24, 2.45) is 0 Å². The first-order chi connectivity index (χ1) is 7.72. The highest BCUT2D eigenvalue weighted by molar-refractivity contribution is 7.95. The van der Waals surface area contributed by atoms with Crippen LogP contribution >= 0.6 is 12.0 Å². The van der Waals surface area contributed by atoms with Gasteiger partial charge in [-0.3, -0.25) is 14.4 Å². The minimum absolute atomic E-state index is 0.242. The van der Waals surface area contributed by atoms with Gasteiger partial charge in [0.25, 0.3) is 0 Å². The predicted molar refractivity (Wildman–Crippen MR) is 59.5 cm³/mol. The zero-order chi connectivity index (χ0) is 12.0. The van der Waals surface area contributed by atoms with Crippen LogP contribution in [0.5, 0.6) is 0 Å². The summed E-state index contributed by atoms with van der Waals surface area (Å²) in [6, 6.07) is 4.77. The van der Waals surface area contributed by atoms with Gasteiger partial charge < -0.3 is 4.18 Å². The van der Waals surface area contributed by atoms with Crippen molar-refractivity contribution in [1.29, 1.82) is 0 Å². The second-order valence-corrected chi connectivity index (χ2v) is 3.66. The molecule has 0 aliphatic rings. The number of aldehydes is 2. The van der Waals surface area contributed by atoms with Crippen molar-refractivity contribution in [1.82, 2.24) is 0 Å². The van der Waals surface area contributed by atoms with Crippen molar-refractivity contribution < 1.29 is 18.6 Å². The number of carbonyl (C=O) groups is 3. The molecule has 84 valence electrons. The van der Waals surface area contributed by atoms with Crippen LogP contribution < -0.4 is 0 Å². The smallest absolute Gasteiger partial charge is 0.317 e. The van der Waals surface area contributed by atoms with Crippen LogP contribution in [0.3, 0.4) is 0 Å². The molecule has 0 amide bonds. The number of carbonyl (C=O) groups excluding carboxylic acids is 3. The monoisotopic (exact) mass is 238 g/mol. The molecule has 4 nitrogen and oxygen atoms in total. The molecule has 16 heavy (non-hydrogen) atoms. The Morgan fingerprint density at radius 2 is 2.12 bits per heavy atom. The minimum atomic E-state index is -0.377. The standard InChI is InChI=1S/C11H10O4S/c1-2-11(14)15-16-10-5-3-4-8(6-12)9(10)7-13/h3-7H,2H2,1H3. The first-order valence-corrected chi connectivity index (χ1v) is 5.37. The van der Waals surface area contributed by atoms with Gasteiger partial charge in [-0.2, -0.15) is 0 Å². The molecule has 0 bridgehead atoms. The lowest BCUT2D eigenvalue weighted by Crippen LogP contribution is -1.98. The highest BCUT2D eigenvalue weighted by Crippen LogP contribution is 2.24. The first kappa shape index (κ1) is 12.4. The van der Waals surface area contributed by atoms with Crippen LogP contribution in [0.4, 0.5) is 0 Å². The van der Waals surface area contributed by atoms with E-state index in [2.05, 4.69) is 0 Å². The van der Waals surface area contributed by atoms with E-state index in [0.717, 1.165) is 12.0 Å². The summed E-state index contributed by atoms with van der Waals surface area (Å²) in [5, 5.41) is 0. The predicted octanol–water partition coefficient (Wildman–Crippen LogP) is 2.27. The Balaban J connectivity index is 2.91. The lowest BCUT2D eigenvalue weighted by molar-refractivity contribution is -0.132. The zero-order valence-electron chi connectivity index (χ0n) is 8.64. The summed E-state index contributed by atoms with van der Waals surface area (Å²) >= 11 is 0.794. The largest absolute Gasteiger partial charge is 0.386 e. The molecular weight excluding hydrogens is 228 g/mol. The van der Waals surface area contributed by atoms with Gasteiger partial charge >= 0.3 is 5.97 Å². The minimum Gasteiger partial charge on any atom is -0.386 e. The third-order valence-corrected chi connectivity index (χ3v) is 2.66. The van der Waals surface area contributed by atoms with Gasteiger partial charge in [0.2, 0.25) is 0 Å². The van der Waals surface area contributed by atoms with E-state index >= 15 is 0 Å². The SMILES string of the molecule is CCC(=O)OSc1cccc(C=O)c1C=O. The van der Waals surface area contributed by atoms with Crippen LogP contribution in [0, 0.1) is 0 Å². The lowest BCUT2D eigenvalue weighted by atomic mass is 10.1. The van der Waals surface area contributed by atoms with Crippen LogP contribution in [-0.2, 0) is 8.98 Å². The highest BCUT2D eigenvalue weighted by atomic mass is 32.2. The van der Waals surface area contributed by atoms with Crippen molar-refractivity contribution in [3.63, 3.8) is 0 Å². The molecule has 0 atom stereocenters. The average Bonchev–Trinajstić information content (AvgIpc) is 2.34. The van der Waals surface area contributed by atoms with Gasteiger partial charge in [0.15, 0.2) is 12.6 Å². The van der Waals surface area contributed by atoms with E-state index < -0.39 is 0 Å². The third kappa shape index (κ3) is 2.93. The number of rotatable bonds is 5. The molecule has 0 aliphatic carbocycles. The van der Waals surface area contributed by atoms with E-state index in [-0.39, 0.29) is 23.5 Å². The Hall–Kier alpha value is -1.62. The van der Waals surface area contributed by atoms with Crippen molar-refractivity contribution in [2.75, 3.05) is 0 Å². The topological polar surface area (TPSA) is 60.4 Å². The van der Waals surface area contributed by atoms with Crippen LogP contribution in [0.1, 0.15) is 34.1 Å². The van der Waals surface area contributed by atoms with Crippen molar-refractivity contribution in [3.05, 3.63) is 29.3 Å². The Labute approximate surface area is 97.2 Å². The second kappa shape index (κ2) is 6.07. The summed E-state index contributed by atoms with van der Waals surface area (Å²) in [7, 11) is 0. The summed E-state index contributed by atoms with van der Waals surface area (Å²) in [5.41, 5.74) is 0.527. The molecule has 0 fully saturated rings. The van der Waals surface area contributed by atoms with Crippen LogP contribution in [0.2, 0.25) is 0 Å². The van der Waals surface area contributed by atoms with Gasteiger partial charge in [-0.15, -0.1) is 0 Å². The van der Waals surface area contributed by atoms with Crippen molar-refractivity contribution >= 4 is 30.6 Å². The summed E-state index contributed by atoms with van der Waals surface area (Å²) in [6.07, 6.45) is 1.43. The maximum atomic E-state index is 10.9. The van der Waals surface area contributed by atoms with Crippen LogP contribution in [0.25, 0.3) is 0 Å². The maximum Gasteiger partial charge on any atom is 0.317 e. The third-order valence-electron chi connectivity index (χ3n) is 1.86. The normalized spacial score (nSPS) is 9.56. The molecule has 0 aromatic heterocycles. The Bertz CT molecular complexity index is 414. The molecule has 1 aromatic rings. The molecule has 0 saturated carbocycles. The fourth-order valence-corrected chi connectivity index (χ4v) is 1.70. The van der Waals surface area contributed by atoms with Gasteiger partial charge in [-0.25, -0.2) is 0 Å². The van der Waals surface area contributed by atoms with Gasteiger partial charge in [0, 0.05) is 17.5 Å². The van der Waals surface area contributed by atoms with Gasteiger partial charge in [-0.1, -0.05) is 19.1 Å². The molecule has 0 heterocycles. The number of hydrogen-bond acceptors (Lipinski definition) is 5. The Morgan fingerprint density at radius 1 is 1.38 bits per heavy atom. The van der Waals surface area contributed by atoms with Crippen LogP contribution in [0.15, 0.2) is 23.1 Å². The molecule has 0 saturated heterocycles. The first-order valence-electron chi connectivity index (χ1n) is 4.63. The summed E-state index contributed by atoms with van der Waals surface area (Å²) in [6.45, 7) is 1.67. The van der Waals surface area contributed by atoms with Gasteiger partial charge in [-0.05, 0) is 6.07 Å². The molecular formula is C11H10O4S. The van der Waals surface area contributed by atoms with E-state index in [1.165, 1.54) is 6.07 Å². The highest BCUT2D eigenvalue weighted by Gasteiger charge is 2.10. The van der Waals surface area contributed by atoms with Crippen LogP contribution in [-0.4, -0.2) is 18.5 Å². The van der Waals surface area contributed by atoms with E-state index in [9.17, 15) is 14.4 Å². The van der Waals surface area contributed by atoms with Crippen molar-refractivity contribution in [3.8, 4) is 0 Å². The number of benzene rings is 1. The zero-order valence-corrected chi connectivity index (χ0v) is 9.45. The lowest BCUT2D eigenvalue weighted by Gasteiger charge is -2.05. The average molecular weight is 238 g/mol. The molecule has 0 spiro atoms. The number of hydrogen-bond donors (Lipinski definition) is 0. The Kier molecular flexibility index (Phi) is 4.72. The summed E-state index contributed by atoms with van der Waals surface area (Å²) in [5.74, 6) is -0.377. The van der Waals surface area contributed by atoms with Crippen molar-refractivity contribution in [2.45, 2.75) is 18.2 Å². The molecule has 0 N–H and O–H groups in total. The molecule has 0 radical (unpaired) electrons. The molecule has 5 heteroatoms. The van der Waals surface area contributed by atoms with Gasteiger partial charge in [0.1, 0.15) is 0 Å². The molecule has 1 rings (SSSR count). The maximum absolute atomic E-state index is 10.9. The Morgan fingerprint density at radius 3 is 2.69 bits per heavy atom. The fraction of sp³-hybridized carbons (Fsp3) is 0.182. The van der Waals surface area contributed by atoms with E-state index in [1.54, 1.807) is 19.1 Å². The van der Waals surface area contributed by atoms with E-state index in [4.69, 9.17) is 4.18 Å². The summed E-state index contributed by atoms with van der Waals surface area (Å²) < 4.78 is 4.82. The van der Waals surface area contributed by atoms with Gasteiger partial charge in [0.05, 0.1) is 16.9 Å². The summed E-state index contributed by atoms with van der Waals surface area (Å²) in [4.78, 5) is 32.9. The van der Waals surface area contributed by atoms with E-state index in [0.29, 0.717) is 17.5 Å². The quantitative estimate of drug-likeness (QED) is 0.581. The fourth-order valence-electron chi connectivity index (χ4n) is 1.01.